The summed E-state index contributed by atoms with van der Waals surface area (Å²) in [6.07, 6.45) is 3.42. The van der Waals surface area contributed by atoms with Crippen LogP contribution in [0, 0.1) is 17.8 Å². The number of hydrogen-bond acceptors (Lipinski definition) is 3. The Morgan fingerprint density at radius 1 is 1.30 bits per heavy atom. The molecule has 23 heavy (non-hydrogen) atoms. The molecule has 0 bridgehead atoms. The number of amidine groups is 1. The zero-order valence-electron chi connectivity index (χ0n) is 14.4. The highest BCUT2D eigenvalue weighted by Crippen LogP contribution is 2.50. The first-order chi connectivity index (χ1) is 10.8. The second-order valence-electron chi connectivity index (χ2n) is 7.59. The highest BCUT2D eigenvalue weighted by molar-refractivity contribution is 9.10. The number of fused-ring (bicyclic) bond motifs is 2. The lowest BCUT2D eigenvalue weighted by atomic mass is 9.83. The van der Waals surface area contributed by atoms with E-state index in [1.54, 1.807) is 0 Å². The Morgan fingerprint density at radius 3 is 2.65 bits per heavy atom. The van der Waals surface area contributed by atoms with Gasteiger partial charge in [-0.25, -0.2) is 4.99 Å². The summed E-state index contributed by atoms with van der Waals surface area (Å²) >= 11 is 3.60. The minimum absolute atomic E-state index is 0.400. The molecule has 4 heteroatoms. The van der Waals surface area contributed by atoms with E-state index in [1.165, 1.54) is 17.5 Å². The van der Waals surface area contributed by atoms with Gasteiger partial charge in [0, 0.05) is 16.0 Å². The average molecular weight is 376 g/mol. The van der Waals surface area contributed by atoms with Crippen LogP contribution in [0.5, 0.6) is 0 Å². The van der Waals surface area contributed by atoms with E-state index in [4.69, 9.17) is 15.7 Å². The standard InChI is InChI=1S/C19H26BrN3/c1-11(2)7-12(3)8-15-9-14-5-6-16(20)10-17(14)19(15)22-13(4)18(21)23-19/h5-6,10-12,15H,7-9H2,1-4H3,(H2,21,23). The zero-order valence-corrected chi connectivity index (χ0v) is 16.0. The number of aliphatic imine (C=N–C) groups is 2. The lowest BCUT2D eigenvalue weighted by molar-refractivity contribution is 0.250. The summed E-state index contributed by atoms with van der Waals surface area (Å²) in [7, 11) is 0. The summed E-state index contributed by atoms with van der Waals surface area (Å²) < 4.78 is 1.08. The second kappa shape index (κ2) is 6.04. The normalized spacial score (nSPS) is 27.3. The Hall–Kier alpha value is -1.16. The summed E-state index contributed by atoms with van der Waals surface area (Å²) in [6, 6.07) is 6.51. The van der Waals surface area contributed by atoms with Crippen LogP contribution < -0.4 is 5.73 Å². The number of benzene rings is 1. The van der Waals surface area contributed by atoms with Crippen molar-refractivity contribution >= 4 is 27.5 Å². The molecule has 124 valence electrons. The van der Waals surface area contributed by atoms with Crippen molar-refractivity contribution in [3.8, 4) is 0 Å². The number of rotatable bonds is 4. The van der Waals surface area contributed by atoms with Crippen LogP contribution in [0.4, 0.5) is 0 Å². The van der Waals surface area contributed by atoms with Crippen LogP contribution in [-0.2, 0) is 12.1 Å². The third-order valence-electron chi connectivity index (χ3n) is 5.06. The first kappa shape index (κ1) is 16.7. The molecule has 0 fully saturated rings. The fourth-order valence-electron chi connectivity index (χ4n) is 4.24. The van der Waals surface area contributed by atoms with Crippen molar-refractivity contribution in [3.05, 3.63) is 33.8 Å². The van der Waals surface area contributed by atoms with Crippen LogP contribution in [0.2, 0.25) is 0 Å². The van der Waals surface area contributed by atoms with E-state index in [0.717, 1.165) is 28.9 Å². The lowest BCUT2D eigenvalue weighted by Gasteiger charge is -2.29. The Morgan fingerprint density at radius 2 is 2.04 bits per heavy atom. The van der Waals surface area contributed by atoms with E-state index in [-0.39, 0.29) is 0 Å². The fraction of sp³-hybridized carbons (Fsp3) is 0.579. The number of nitrogens with two attached hydrogens (primary N) is 1. The Kier molecular flexibility index (Phi) is 4.39. The fourth-order valence-corrected chi connectivity index (χ4v) is 4.60. The van der Waals surface area contributed by atoms with Gasteiger partial charge in [-0.2, -0.15) is 0 Å². The molecule has 0 saturated carbocycles. The maximum atomic E-state index is 6.11. The third-order valence-corrected chi connectivity index (χ3v) is 5.56. The molecule has 1 aromatic rings. The van der Waals surface area contributed by atoms with Crippen molar-refractivity contribution in [2.75, 3.05) is 0 Å². The molecule has 3 atom stereocenters. The number of nitrogens with zero attached hydrogens (tertiary/aromatic N) is 2. The quantitative estimate of drug-likeness (QED) is 0.815. The van der Waals surface area contributed by atoms with Crippen molar-refractivity contribution < 1.29 is 0 Å². The first-order valence-corrected chi connectivity index (χ1v) is 9.32. The summed E-state index contributed by atoms with van der Waals surface area (Å²) in [5.74, 6) is 2.39. The molecule has 3 rings (SSSR count). The van der Waals surface area contributed by atoms with Crippen molar-refractivity contribution in [1.29, 1.82) is 0 Å². The molecule has 3 unspecified atom stereocenters. The minimum Gasteiger partial charge on any atom is -0.382 e. The van der Waals surface area contributed by atoms with Crippen molar-refractivity contribution in [3.63, 3.8) is 0 Å². The largest absolute Gasteiger partial charge is 0.382 e. The Bertz CT molecular complexity index is 657. The third kappa shape index (κ3) is 2.98. The zero-order chi connectivity index (χ0) is 16.8. The molecule has 1 aliphatic heterocycles. The van der Waals surface area contributed by atoms with E-state index in [2.05, 4.69) is 54.9 Å². The van der Waals surface area contributed by atoms with E-state index in [9.17, 15) is 0 Å². The number of hydrogen-bond donors (Lipinski definition) is 1. The maximum Gasteiger partial charge on any atom is 0.181 e. The highest BCUT2D eigenvalue weighted by Gasteiger charge is 2.49. The Labute approximate surface area is 147 Å². The smallest absolute Gasteiger partial charge is 0.181 e. The summed E-state index contributed by atoms with van der Waals surface area (Å²) in [5, 5.41) is 0. The van der Waals surface area contributed by atoms with Crippen LogP contribution in [0.25, 0.3) is 0 Å². The molecule has 0 aromatic heterocycles. The molecule has 0 radical (unpaired) electrons. The summed E-state index contributed by atoms with van der Waals surface area (Å²) in [5.41, 5.74) is 9.09. The predicted octanol–water partition coefficient (Wildman–Crippen LogP) is 4.68. The van der Waals surface area contributed by atoms with Gasteiger partial charge in [0.25, 0.3) is 0 Å². The van der Waals surface area contributed by atoms with Crippen molar-refractivity contribution in [2.45, 2.75) is 52.6 Å². The van der Waals surface area contributed by atoms with Gasteiger partial charge < -0.3 is 5.73 Å². The lowest BCUT2D eigenvalue weighted by Crippen LogP contribution is -2.28. The monoisotopic (exact) mass is 375 g/mol. The van der Waals surface area contributed by atoms with Crippen LogP contribution in [0.1, 0.15) is 51.7 Å². The maximum absolute atomic E-state index is 6.11. The van der Waals surface area contributed by atoms with Crippen molar-refractivity contribution in [1.82, 2.24) is 0 Å². The average Bonchev–Trinajstić information content (AvgIpc) is 2.89. The van der Waals surface area contributed by atoms with Gasteiger partial charge in [-0.1, -0.05) is 42.8 Å². The highest BCUT2D eigenvalue weighted by atomic mass is 79.9. The van der Waals surface area contributed by atoms with Gasteiger partial charge in [0.2, 0.25) is 0 Å². The van der Waals surface area contributed by atoms with E-state index in [1.807, 2.05) is 6.92 Å². The molecule has 0 saturated heterocycles. The minimum atomic E-state index is -0.488. The van der Waals surface area contributed by atoms with Gasteiger partial charge in [-0.15, -0.1) is 0 Å². The molecular weight excluding hydrogens is 350 g/mol. The van der Waals surface area contributed by atoms with Gasteiger partial charge >= 0.3 is 0 Å². The van der Waals surface area contributed by atoms with Crippen LogP contribution in [0.15, 0.2) is 32.7 Å². The van der Waals surface area contributed by atoms with Gasteiger partial charge in [0.15, 0.2) is 5.66 Å². The second-order valence-corrected chi connectivity index (χ2v) is 8.51. The first-order valence-electron chi connectivity index (χ1n) is 8.53. The SMILES string of the molecule is CC1=NC2(N=C1N)c1cc(Br)ccc1CC2CC(C)CC(C)C. The van der Waals surface area contributed by atoms with Crippen LogP contribution >= 0.6 is 15.9 Å². The van der Waals surface area contributed by atoms with Gasteiger partial charge in [-0.3, -0.25) is 4.99 Å². The molecule has 1 aliphatic carbocycles. The summed E-state index contributed by atoms with van der Waals surface area (Å²) in [6.45, 7) is 8.91. The van der Waals surface area contributed by atoms with Crippen LogP contribution in [-0.4, -0.2) is 11.5 Å². The molecule has 2 N–H and O–H groups in total. The van der Waals surface area contributed by atoms with Gasteiger partial charge in [-0.05, 0) is 55.7 Å². The van der Waals surface area contributed by atoms with Crippen LogP contribution in [0.3, 0.4) is 0 Å². The molecule has 1 heterocycles. The van der Waals surface area contributed by atoms with E-state index >= 15 is 0 Å². The molecule has 2 aliphatic rings. The van der Waals surface area contributed by atoms with Gasteiger partial charge in [0.1, 0.15) is 5.84 Å². The summed E-state index contributed by atoms with van der Waals surface area (Å²) in [4.78, 5) is 9.83. The van der Waals surface area contributed by atoms with E-state index in [0.29, 0.717) is 17.7 Å². The molecule has 1 spiro atoms. The van der Waals surface area contributed by atoms with Gasteiger partial charge in [0.05, 0.1) is 5.71 Å². The topological polar surface area (TPSA) is 50.7 Å². The predicted molar refractivity (Wildman–Crippen MR) is 101 cm³/mol. The van der Waals surface area contributed by atoms with E-state index < -0.39 is 5.66 Å². The molecule has 0 amide bonds. The molecule has 3 nitrogen and oxygen atoms in total. The Balaban J connectivity index is 1.99. The van der Waals surface area contributed by atoms with Crippen molar-refractivity contribution in [2.24, 2.45) is 33.5 Å². The molecular formula is C19H26BrN3. The number of halogens is 1. The molecule has 1 aromatic carbocycles.